The Kier molecular flexibility index (Phi) is 2.25. The molecule has 1 atom stereocenters. The summed E-state index contributed by atoms with van der Waals surface area (Å²) in [6, 6.07) is 0.0992. The topological polar surface area (TPSA) is 72.4 Å². The molecule has 1 fully saturated rings. The van der Waals surface area contributed by atoms with E-state index in [4.69, 9.17) is 10.3 Å². The first kappa shape index (κ1) is 9.21. The Hall–Kier alpha value is -1.36. The molecule has 1 amide bonds. The third kappa shape index (κ3) is 1.50. The Labute approximate surface area is 81.8 Å². The molecule has 0 aliphatic carbocycles. The zero-order valence-corrected chi connectivity index (χ0v) is 8.06. The molecule has 1 saturated heterocycles. The maximum atomic E-state index is 11.8. The average Bonchev–Trinajstić information content (AvgIpc) is 2.73. The highest BCUT2D eigenvalue weighted by Crippen LogP contribution is 2.14. The number of aromatic nitrogens is 1. The SMILES string of the molecule is Cc1cnoc1C(=O)N1CC[C@@H](N)C1. The van der Waals surface area contributed by atoms with E-state index in [9.17, 15) is 4.79 Å². The van der Waals surface area contributed by atoms with Gasteiger partial charge in [-0.25, -0.2) is 0 Å². The van der Waals surface area contributed by atoms with Crippen molar-refractivity contribution in [1.29, 1.82) is 0 Å². The van der Waals surface area contributed by atoms with Gasteiger partial charge in [0.25, 0.3) is 5.91 Å². The van der Waals surface area contributed by atoms with Gasteiger partial charge < -0.3 is 15.2 Å². The van der Waals surface area contributed by atoms with Crippen molar-refractivity contribution in [2.75, 3.05) is 13.1 Å². The second-order valence-corrected chi connectivity index (χ2v) is 3.64. The number of likely N-dealkylation sites (tertiary alicyclic amines) is 1. The van der Waals surface area contributed by atoms with Crippen LogP contribution in [0.2, 0.25) is 0 Å². The van der Waals surface area contributed by atoms with Gasteiger partial charge in [-0.15, -0.1) is 0 Å². The standard InChI is InChI=1S/C9H13N3O2/c1-6-4-11-14-8(6)9(13)12-3-2-7(10)5-12/h4,7H,2-3,5,10H2,1H3/t7-/m1/s1. The normalized spacial score (nSPS) is 21.6. The van der Waals surface area contributed by atoms with Crippen molar-refractivity contribution in [2.45, 2.75) is 19.4 Å². The summed E-state index contributed by atoms with van der Waals surface area (Å²) >= 11 is 0. The lowest BCUT2D eigenvalue weighted by atomic mass is 10.2. The molecular weight excluding hydrogens is 182 g/mol. The van der Waals surface area contributed by atoms with E-state index < -0.39 is 0 Å². The van der Waals surface area contributed by atoms with Gasteiger partial charge in [0.2, 0.25) is 5.76 Å². The Balaban J connectivity index is 2.13. The van der Waals surface area contributed by atoms with E-state index in [1.807, 2.05) is 0 Å². The van der Waals surface area contributed by atoms with Gasteiger partial charge in [0.15, 0.2) is 0 Å². The number of nitrogens with two attached hydrogens (primary N) is 1. The van der Waals surface area contributed by atoms with Crippen LogP contribution >= 0.6 is 0 Å². The molecule has 0 radical (unpaired) electrons. The lowest BCUT2D eigenvalue weighted by Crippen LogP contribution is -2.31. The van der Waals surface area contributed by atoms with Crippen molar-refractivity contribution < 1.29 is 9.32 Å². The van der Waals surface area contributed by atoms with Crippen LogP contribution in [0.1, 0.15) is 22.5 Å². The number of hydrogen-bond donors (Lipinski definition) is 1. The van der Waals surface area contributed by atoms with Crippen LogP contribution in [-0.2, 0) is 0 Å². The fourth-order valence-electron chi connectivity index (χ4n) is 1.61. The lowest BCUT2D eigenvalue weighted by molar-refractivity contribution is 0.0748. The Bertz CT molecular complexity index is 348. The maximum absolute atomic E-state index is 11.8. The van der Waals surface area contributed by atoms with Crippen LogP contribution in [0.4, 0.5) is 0 Å². The highest BCUT2D eigenvalue weighted by molar-refractivity contribution is 5.92. The van der Waals surface area contributed by atoms with Crippen molar-refractivity contribution >= 4 is 5.91 Å². The van der Waals surface area contributed by atoms with Gasteiger partial charge >= 0.3 is 0 Å². The predicted molar refractivity (Wildman–Crippen MR) is 49.7 cm³/mol. The summed E-state index contributed by atoms with van der Waals surface area (Å²) in [7, 11) is 0. The number of amides is 1. The zero-order chi connectivity index (χ0) is 10.1. The summed E-state index contributed by atoms with van der Waals surface area (Å²) in [6.45, 7) is 3.12. The van der Waals surface area contributed by atoms with Crippen LogP contribution in [0.5, 0.6) is 0 Å². The molecule has 0 aromatic carbocycles. The number of rotatable bonds is 1. The van der Waals surface area contributed by atoms with E-state index in [0.29, 0.717) is 18.8 Å². The number of carbonyl (C=O) groups is 1. The van der Waals surface area contributed by atoms with Crippen LogP contribution in [0.25, 0.3) is 0 Å². The van der Waals surface area contributed by atoms with Crippen LogP contribution in [0.15, 0.2) is 10.7 Å². The molecule has 2 N–H and O–H groups in total. The van der Waals surface area contributed by atoms with Crippen molar-refractivity contribution in [2.24, 2.45) is 5.73 Å². The summed E-state index contributed by atoms with van der Waals surface area (Å²) < 4.78 is 4.89. The molecule has 0 saturated carbocycles. The van der Waals surface area contributed by atoms with Crippen LogP contribution < -0.4 is 5.73 Å². The lowest BCUT2D eigenvalue weighted by Gasteiger charge is -2.13. The Morgan fingerprint density at radius 3 is 3.07 bits per heavy atom. The molecule has 1 aliphatic rings. The van der Waals surface area contributed by atoms with Crippen molar-refractivity contribution in [3.8, 4) is 0 Å². The first-order chi connectivity index (χ1) is 6.68. The van der Waals surface area contributed by atoms with E-state index in [1.165, 1.54) is 0 Å². The van der Waals surface area contributed by atoms with Crippen LogP contribution in [0, 0.1) is 6.92 Å². The van der Waals surface area contributed by atoms with Gasteiger partial charge in [-0.3, -0.25) is 4.79 Å². The average molecular weight is 195 g/mol. The largest absolute Gasteiger partial charge is 0.351 e. The molecule has 1 aromatic rings. The third-order valence-electron chi connectivity index (χ3n) is 2.45. The molecule has 5 heteroatoms. The summed E-state index contributed by atoms with van der Waals surface area (Å²) in [4.78, 5) is 13.5. The fourth-order valence-corrected chi connectivity index (χ4v) is 1.61. The predicted octanol–water partition coefficient (Wildman–Crippen LogP) is 0.156. The van der Waals surface area contributed by atoms with Crippen molar-refractivity contribution in [3.63, 3.8) is 0 Å². The minimum absolute atomic E-state index is 0.0992. The van der Waals surface area contributed by atoms with E-state index >= 15 is 0 Å². The van der Waals surface area contributed by atoms with Crippen molar-refractivity contribution in [1.82, 2.24) is 10.1 Å². The quantitative estimate of drug-likeness (QED) is 0.692. The Morgan fingerprint density at radius 1 is 1.79 bits per heavy atom. The molecule has 1 aliphatic heterocycles. The van der Waals surface area contributed by atoms with Gasteiger partial charge in [-0.2, -0.15) is 0 Å². The van der Waals surface area contributed by atoms with E-state index in [-0.39, 0.29) is 11.9 Å². The minimum atomic E-state index is -0.104. The number of hydrogen-bond acceptors (Lipinski definition) is 4. The monoisotopic (exact) mass is 195 g/mol. The molecule has 1 aromatic heterocycles. The summed E-state index contributed by atoms with van der Waals surface area (Å²) in [5.74, 6) is 0.229. The summed E-state index contributed by atoms with van der Waals surface area (Å²) in [5, 5.41) is 3.58. The number of carbonyl (C=O) groups excluding carboxylic acids is 1. The highest BCUT2D eigenvalue weighted by Gasteiger charge is 2.27. The number of aryl methyl sites for hydroxylation is 1. The van der Waals surface area contributed by atoms with Crippen molar-refractivity contribution in [3.05, 3.63) is 17.5 Å². The first-order valence-corrected chi connectivity index (χ1v) is 4.64. The molecule has 0 unspecified atom stereocenters. The highest BCUT2D eigenvalue weighted by atomic mass is 16.5. The van der Waals surface area contributed by atoms with Crippen LogP contribution in [-0.4, -0.2) is 35.1 Å². The molecule has 5 nitrogen and oxygen atoms in total. The second kappa shape index (κ2) is 3.42. The molecule has 0 spiro atoms. The maximum Gasteiger partial charge on any atom is 0.292 e. The van der Waals surface area contributed by atoms with E-state index in [0.717, 1.165) is 12.0 Å². The van der Waals surface area contributed by atoms with E-state index in [2.05, 4.69) is 5.16 Å². The zero-order valence-electron chi connectivity index (χ0n) is 8.06. The molecule has 14 heavy (non-hydrogen) atoms. The molecule has 76 valence electrons. The minimum Gasteiger partial charge on any atom is -0.351 e. The number of nitrogens with zero attached hydrogens (tertiary/aromatic N) is 2. The summed E-state index contributed by atoms with van der Waals surface area (Å²) in [5.41, 5.74) is 6.49. The fraction of sp³-hybridized carbons (Fsp3) is 0.556. The second-order valence-electron chi connectivity index (χ2n) is 3.64. The van der Waals surface area contributed by atoms with Gasteiger partial charge in [0.05, 0.1) is 6.20 Å². The Morgan fingerprint density at radius 2 is 2.57 bits per heavy atom. The van der Waals surface area contributed by atoms with E-state index in [1.54, 1.807) is 18.0 Å². The first-order valence-electron chi connectivity index (χ1n) is 4.64. The van der Waals surface area contributed by atoms with Crippen LogP contribution in [0.3, 0.4) is 0 Å². The van der Waals surface area contributed by atoms with Gasteiger partial charge in [0, 0.05) is 24.7 Å². The molecular formula is C9H13N3O2. The van der Waals surface area contributed by atoms with Gasteiger partial charge in [0.1, 0.15) is 0 Å². The summed E-state index contributed by atoms with van der Waals surface area (Å²) in [6.07, 6.45) is 2.40. The smallest absolute Gasteiger partial charge is 0.292 e. The van der Waals surface area contributed by atoms with Gasteiger partial charge in [-0.05, 0) is 13.3 Å². The molecule has 2 rings (SSSR count). The van der Waals surface area contributed by atoms with Gasteiger partial charge in [-0.1, -0.05) is 5.16 Å². The third-order valence-corrected chi connectivity index (χ3v) is 2.45. The molecule has 0 bridgehead atoms. The molecule has 2 heterocycles.